The zero-order valence-corrected chi connectivity index (χ0v) is 45.2. The van der Waals surface area contributed by atoms with Crippen LogP contribution in [-0.4, -0.2) is 8.07 Å². The van der Waals surface area contributed by atoms with Crippen molar-refractivity contribution in [3.63, 3.8) is 0 Å². The smallest absolute Gasteiger partial charge is 0.366 e. The molecule has 70 heavy (non-hydrogen) atoms. The first kappa shape index (κ1) is 52.0. The van der Waals surface area contributed by atoms with Gasteiger partial charge in [-0.2, -0.15) is 0 Å². The molecule has 0 atom stereocenters. The van der Waals surface area contributed by atoms with Gasteiger partial charge in [-0.3, -0.25) is 11.8 Å². The van der Waals surface area contributed by atoms with Crippen LogP contribution in [0.3, 0.4) is 0 Å². The maximum atomic E-state index is 7.46. The van der Waals surface area contributed by atoms with Crippen LogP contribution >= 0.6 is 15.8 Å². The minimum absolute atomic E-state index is 0. The molecule has 0 N–H and O–H groups in total. The number of hydrogen-bond donors (Lipinski definition) is 0. The van der Waals surface area contributed by atoms with E-state index in [0.717, 1.165) is 54.2 Å². The molecule has 11 aromatic carbocycles. The van der Waals surface area contributed by atoms with Crippen molar-refractivity contribution in [1.29, 1.82) is 0 Å². The average molecular weight is 1140 g/mol. The van der Waals surface area contributed by atoms with Crippen molar-refractivity contribution in [3.05, 3.63) is 273 Å². The summed E-state index contributed by atoms with van der Waals surface area (Å²) in [4.78, 5) is 0. The monoisotopic (exact) mass is 1140 g/mol. The van der Waals surface area contributed by atoms with Crippen LogP contribution in [0.1, 0.15) is 11.1 Å². The molecule has 0 fully saturated rings. The Labute approximate surface area is 449 Å². The maximum absolute atomic E-state index is 7.46. The van der Waals surface area contributed by atoms with Gasteiger partial charge in [0.1, 0.15) is 47.7 Å². The summed E-state index contributed by atoms with van der Waals surface area (Å²) in [5.41, 5.74) is 1.77. The van der Waals surface area contributed by atoms with Crippen molar-refractivity contribution < 1.29 is 44.8 Å². The summed E-state index contributed by atoms with van der Waals surface area (Å²) >= 11 is 0. The van der Waals surface area contributed by atoms with Crippen LogP contribution < -0.4 is 37.0 Å². The summed E-state index contributed by atoms with van der Waals surface area (Å²) in [5.74, 6) is 5.13. The number of hydrogen-bond acceptors (Lipinski definition) is 0. The Bertz CT molecular complexity index is 3260. The van der Waals surface area contributed by atoms with Crippen molar-refractivity contribution in [2.45, 2.75) is 19.6 Å². The summed E-state index contributed by atoms with van der Waals surface area (Å²) in [7, 11) is -3.89. The molecule has 11 aromatic rings. The van der Waals surface area contributed by atoms with Gasteiger partial charge in [-0.1, -0.05) is 222 Å². The summed E-state index contributed by atoms with van der Waals surface area (Å²) < 4.78 is 0. The number of rotatable bonds is 7. The normalized spacial score (nSPS) is 10.8. The van der Waals surface area contributed by atoms with Crippen LogP contribution in [0.2, 0.25) is 19.6 Å². The van der Waals surface area contributed by atoms with Gasteiger partial charge in [0, 0.05) is 0 Å². The molecule has 0 radical (unpaired) electrons. The Kier molecular flexibility index (Phi) is 18.1. The SMILES string of the molecule is C[Si](C)(C)c1ccc([PH+](c2ccccc2)c2ccccc2)c([PH+](c2ccccc2)c2ccccc2)c1.[Ag+].[Ag+].[C-]#Cc1c2ccccc2cc2ccccc12.[C-]#Cc1c2ccccc2cc2ccccc12. The Hall–Kier alpha value is -5.86. The van der Waals surface area contributed by atoms with E-state index in [1.165, 1.54) is 31.7 Å². The van der Waals surface area contributed by atoms with Gasteiger partial charge in [0.25, 0.3) is 0 Å². The van der Waals surface area contributed by atoms with E-state index in [9.17, 15) is 0 Å². The topological polar surface area (TPSA) is 0 Å². The second-order valence-corrected chi connectivity index (χ2v) is 27.8. The third kappa shape index (κ3) is 11.7. The van der Waals surface area contributed by atoms with Crippen LogP contribution in [-0.2, 0) is 44.8 Å². The van der Waals surface area contributed by atoms with Crippen molar-refractivity contribution in [1.82, 2.24) is 0 Å². The molecule has 0 aliphatic carbocycles. The maximum Gasteiger partial charge on any atom is 1.00 e. The minimum Gasteiger partial charge on any atom is -0.366 e. The molecule has 0 aromatic heterocycles. The molecule has 0 unspecified atom stereocenters. The molecule has 0 saturated carbocycles. The molecular formula is C65H52Ag2P2Si+2. The van der Waals surface area contributed by atoms with Gasteiger partial charge < -0.3 is 12.8 Å². The van der Waals surface area contributed by atoms with Gasteiger partial charge in [-0.05, 0) is 94.3 Å². The zero-order valence-electron chi connectivity index (χ0n) is 39.3. The molecule has 0 aliphatic heterocycles. The predicted octanol–water partition coefficient (Wildman–Crippen LogP) is 13.1. The van der Waals surface area contributed by atoms with Gasteiger partial charge in [0.15, 0.2) is 0 Å². The first-order valence-electron chi connectivity index (χ1n) is 23.1. The van der Waals surface area contributed by atoms with Crippen LogP contribution in [0.4, 0.5) is 0 Å². The Morgan fingerprint density at radius 3 is 0.871 bits per heavy atom. The van der Waals surface area contributed by atoms with Crippen LogP contribution in [0, 0.1) is 24.7 Å². The number of fused-ring (bicyclic) bond motifs is 4. The van der Waals surface area contributed by atoms with Gasteiger partial charge in [0.05, 0.1) is 8.07 Å². The van der Waals surface area contributed by atoms with E-state index in [2.05, 4.69) is 207 Å². The van der Waals surface area contributed by atoms with Gasteiger partial charge >= 0.3 is 44.8 Å². The van der Waals surface area contributed by atoms with E-state index in [0.29, 0.717) is 0 Å². The predicted molar refractivity (Wildman–Crippen MR) is 305 cm³/mol. The third-order valence-corrected chi connectivity index (χ3v) is 20.3. The van der Waals surface area contributed by atoms with Gasteiger partial charge in [0.2, 0.25) is 0 Å². The molecule has 346 valence electrons. The first-order chi connectivity index (χ1) is 33.3. The van der Waals surface area contributed by atoms with Crippen molar-refractivity contribution in [3.8, 4) is 11.8 Å². The minimum atomic E-state index is -1.50. The number of benzene rings is 11. The fourth-order valence-electron chi connectivity index (χ4n) is 9.11. The van der Waals surface area contributed by atoms with Crippen molar-refractivity contribution in [2.24, 2.45) is 0 Å². The first-order valence-corrected chi connectivity index (χ1v) is 29.6. The Morgan fingerprint density at radius 1 is 0.314 bits per heavy atom. The van der Waals surface area contributed by atoms with E-state index in [1.807, 2.05) is 72.8 Å². The van der Waals surface area contributed by atoms with Crippen molar-refractivity contribution in [2.75, 3.05) is 0 Å². The van der Waals surface area contributed by atoms with Crippen LogP contribution in [0.5, 0.6) is 0 Å². The van der Waals surface area contributed by atoms with E-state index >= 15 is 0 Å². The molecule has 0 bridgehead atoms. The third-order valence-electron chi connectivity index (χ3n) is 12.5. The van der Waals surface area contributed by atoms with Gasteiger partial charge in [-0.25, -0.2) is 0 Å². The summed E-state index contributed by atoms with van der Waals surface area (Å²) in [5, 5.41) is 19.4. The molecule has 0 heterocycles. The van der Waals surface area contributed by atoms with Crippen LogP contribution in [0.25, 0.3) is 43.1 Å². The molecule has 0 nitrogen and oxygen atoms in total. The standard InChI is InChI=1S/C33H32P2Si.2C16H9.2Ag/c1-36(2,3)31-24-25-32(34(27-16-8-4-9-17-27)28-18-10-5-11-19-28)33(26-31)35(29-20-12-6-13-21-29)30-22-14-7-15-23-30;2*1-2-14-15-9-5-3-7-12(15)11-13-8-4-6-10-16(13)14;;/h4-26H,1-3H3;2*3-11H;;/q;2*-1;2*+1/p+2. The molecule has 0 saturated heterocycles. The fourth-order valence-corrected chi connectivity index (χ4v) is 16.4. The molecule has 0 aliphatic rings. The zero-order chi connectivity index (χ0) is 46.9. The van der Waals surface area contributed by atoms with E-state index in [1.54, 1.807) is 5.30 Å². The van der Waals surface area contributed by atoms with E-state index in [4.69, 9.17) is 12.8 Å². The Morgan fingerprint density at radius 2 is 0.586 bits per heavy atom. The largest absolute Gasteiger partial charge is 1.00 e. The second-order valence-electron chi connectivity index (χ2n) is 17.9. The quantitative estimate of drug-likeness (QED) is 0.0491. The molecular weight excluding hydrogens is 1090 g/mol. The van der Waals surface area contributed by atoms with E-state index < -0.39 is 23.9 Å². The summed E-state index contributed by atoms with van der Waals surface area (Å²) in [6.07, 6.45) is 14.9. The molecule has 5 heteroatoms. The van der Waals surface area contributed by atoms with Crippen LogP contribution in [0.15, 0.2) is 249 Å². The second kappa shape index (κ2) is 24.3. The van der Waals surface area contributed by atoms with E-state index in [-0.39, 0.29) is 44.8 Å². The summed E-state index contributed by atoms with van der Waals surface area (Å²) in [6.45, 7) is 7.39. The average Bonchev–Trinajstić information content (AvgIpc) is 3.39. The molecule has 0 spiro atoms. The fraction of sp³-hybridized carbons (Fsp3) is 0.0462. The molecule has 11 rings (SSSR count). The summed E-state index contributed by atoms with van der Waals surface area (Å²) in [6, 6.07) is 89.1. The van der Waals surface area contributed by atoms with Gasteiger partial charge in [-0.15, -0.1) is 11.1 Å². The van der Waals surface area contributed by atoms with Crippen molar-refractivity contribution >= 4 is 104 Å². The Balaban J connectivity index is 0.000000175. The molecule has 0 amide bonds.